The zero-order valence-corrected chi connectivity index (χ0v) is 11.7. The fraction of sp³-hybridized carbons (Fsp3) is 0.462. The summed E-state index contributed by atoms with van der Waals surface area (Å²) >= 11 is 0. The van der Waals surface area contributed by atoms with Gasteiger partial charge in [-0.05, 0) is 12.8 Å². The SMILES string of the molecule is C=CC[C@@H](CC)NC(=O)Nc1cnc(N(C)C)nc1. The number of anilines is 2. The molecule has 0 unspecified atom stereocenters. The lowest BCUT2D eigenvalue weighted by atomic mass is 10.1. The Hall–Kier alpha value is -2.11. The molecule has 0 bridgehead atoms. The summed E-state index contributed by atoms with van der Waals surface area (Å²) in [5.41, 5.74) is 0.566. The Balaban J connectivity index is 2.54. The molecule has 0 aliphatic carbocycles. The van der Waals surface area contributed by atoms with Crippen molar-refractivity contribution in [3.05, 3.63) is 25.0 Å². The van der Waals surface area contributed by atoms with Crippen LogP contribution in [0.25, 0.3) is 0 Å². The zero-order chi connectivity index (χ0) is 14.3. The van der Waals surface area contributed by atoms with E-state index in [4.69, 9.17) is 0 Å². The molecule has 0 aliphatic rings. The predicted molar refractivity (Wildman–Crippen MR) is 77.4 cm³/mol. The van der Waals surface area contributed by atoms with Crippen molar-refractivity contribution >= 4 is 17.7 Å². The first kappa shape index (κ1) is 14.9. The summed E-state index contributed by atoms with van der Waals surface area (Å²) in [6, 6.07) is -0.158. The number of amides is 2. The third-order valence-electron chi connectivity index (χ3n) is 2.58. The molecule has 6 nitrogen and oxygen atoms in total. The minimum absolute atomic E-state index is 0.0967. The summed E-state index contributed by atoms with van der Waals surface area (Å²) in [4.78, 5) is 21.8. The quantitative estimate of drug-likeness (QED) is 0.770. The van der Waals surface area contributed by atoms with Gasteiger partial charge in [-0.2, -0.15) is 0 Å². The van der Waals surface area contributed by atoms with Crippen LogP contribution in [0.4, 0.5) is 16.4 Å². The molecule has 2 amide bonds. The first-order valence-corrected chi connectivity index (χ1v) is 6.24. The number of nitrogens with one attached hydrogen (secondary N) is 2. The van der Waals surface area contributed by atoms with E-state index in [-0.39, 0.29) is 12.1 Å². The molecule has 2 N–H and O–H groups in total. The van der Waals surface area contributed by atoms with Gasteiger partial charge in [-0.1, -0.05) is 13.0 Å². The van der Waals surface area contributed by atoms with Crippen LogP contribution in [0.15, 0.2) is 25.0 Å². The number of carbonyl (C=O) groups is 1. The van der Waals surface area contributed by atoms with Crippen molar-refractivity contribution in [2.45, 2.75) is 25.8 Å². The molecule has 0 aliphatic heterocycles. The highest BCUT2D eigenvalue weighted by atomic mass is 16.2. The third-order valence-corrected chi connectivity index (χ3v) is 2.58. The lowest BCUT2D eigenvalue weighted by Crippen LogP contribution is -2.37. The molecule has 0 saturated carbocycles. The molecule has 1 atom stereocenters. The van der Waals surface area contributed by atoms with E-state index in [1.807, 2.05) is 21.0 Å². The molecular weight excluding hydrogens is 242 g/mol. The van der Waals surface area contributed by atoms with Crippen LogP contribution < -0.4 is 15.5 Å². The molecule has 0 spiro atoms. The van der Waals surface area contributed by atoms with Crippen molar-refractivity contribution in [1.29, 1.82) is 0 Å². The Morgan fingerprint density at radius 2 is 2.11 bits per heavy atom. The molecule has 1 heterocycles. The maximum Gasteiger partial charge on any atom is 0.319 e. The van der Waals surface area contributed by atoms with Gasteiger partial charge in [0.05, 0.1) is 18.1 Å². The molecule has 0 fully saturated rings. The van der Waals surface area contributed by atoms with Gasteiger partial charge in [0.2, 0.25) is 5.95 Å². The van der Waals surface area contributed by atoms with Crippen molar-refractivity contribution in [3.8, 4) is 0 Å². The first-order valence-electron chi connectivity index (χ1n) is 6.24. The van der Waals surface area contributed by atoms with Gasteiger partial charge in [-0.15, -0.1) is 6.58 Å². The molecule has 1 rings (SSSR count). The monoisotopic (exact) mass is 263 g/mol. The standard InChI is InChI=1S/C13H21N5O/c1-5-7-10(6-2)16-13(19)17-11-8-14-12(15-9-11)18(3)4/h5,8-10H,1,6-7H2,2-4H3,(H2,16,17,19)/t10-/m1/s1. The van der Waals surface area contributed by atoms with Gasteiger partial charge in [-0.3, -0.25) is 0 Å². The van der Waals surface area contributed by atoms with E-state index < -0.39 is 0 Å². The third kappa shape index (κ3) is 4.95. The molecule has 104 valence electrons. The first-order chi connectivity index (χ1) is 9.06. The van der Waals surface area contributed by atoms with Crippen LogP contribution in [0.2, 0.25) is 0 Å². The van der Waals surface area contributed by atoms with Crippen LogP contribution >= 0.6 is 0 Å². The Morgan fingerprint density at radius 1 is 1.47 bits per heavy atom. The smallest absolute Gasteiger partial charge is 0.319 e. The van der Waals surface area contributed by atoms with Gasteiger partial charge < -0.3 is 15.5 Å². The van der Waals surface area contributed by atoms with E-state index in [0.29, 0.717) is 11.6 Å². The van der Waals surface area contributed by atoms with E-state index in [0.717, 1.165) is 12.8 Å². The summed E-state index contributed by atoms with van der Waals surface area (Å²) in [7, 11) is 3.71. The number of hydrogen-bond donors (Lipinski definition) is 2. The van der Waals surface area contributed by atoms with Crippen LogP contribution in [-0.4, -0.2) is 36.1 Å². The number of aromatic nitrogens is 2. The topological polar surface area (TPSA) is 70.2 Å². The van der Waals surface area contributed by atoms with Gasteiger partial charge >= 0.3 is 6.03 Å². The number of urea groups is 1. The fourth-order valence-corrected chi connectivity index (χ4v) is 1.50. The normalized spacial score (nSPS) is 11.5. The van der Waals surface area contributed by atoms with Gasteiger partial charge in [-0.25, -0.2) is 14.8 Å². The summed E-state index contributed by atoms with van der Waals surface area (Å²) in [6.07, 6.45) is 6.56. The Morgan fingerprint density at radius 3 is 2.58 bits per heavy atom. The average Bonchev–Trinajstić information content (AvgIpc) is 2.38. The molecular formula is C13H21N5O. The van der Waals surface area contributed by atoms with Crippen molar-refractivity contribution in [1.82, 2.24) is 15.3 Å². The minimum Gasteiger partial charge on any atom is -0.347 e. The molecule has 6 heteroatoms. The number of carbonyl (C=O) groups excluding carboxylic acids is 1. The fourth-order valence-electron chi connectivity index (χ4n) is 1.50. The second kappa shape index (κ2) is 7.35. The Kier molecular flexibility index (Phi) is 5.78. The lowest BCUT2D eigenvalue weighted by molar-refractivity contribution is 0.248. The highest BCUT2D eigenvalue weighted by Gasteiger charge is 2.09. The summed E-state index contributed by atoms with van der Waals surface area (Å²) in [5.74, 6) is 0.601. The summed E-state index contributed by atoms with van der Waals surface area (Å²) < 4.78 is 0. The van der Waals surface area contributed by atoms with E-state index in [9.17, 15) is 4.79 Å². The number of hydrogen-bond acceptors (Lipinski definition) is 4. The predicted octanol–water partition coefficient (Wildman–Crippen LogP) is 2.02. The van der Waals surface area contributed by atoms with Gasteiger partial charge in [0.15, 0.2) is 0 Å². The molecule has 0 saturated heterocycles. The molecule has 1 aromatic rings. The number of rotatable bonds is 6. The zero-order valence-electron chi connectivity index (χ0n) is 11.7. The molecule has 0 aromatic carbocycles. The van der Waals surface area contributed by atoms with E-state index in [1.54, 1.807) is 23.4 Å². The Bertz CT molecular complexity index is 416. The Labute approximate surface area is 113 Å². The van der Waals surface area contributed by atoms with Crippen LogP contribution in [0.3, 0.4) is 0 Å². The maximum atomic E-state index is 11.8. The summed E-state index contributed by atoms with van der Waals surface area (Å²) in [6.45, 7) is 5.69. The molecule has 0 radical (unpaired) electrons. The van der Waals surface area contributed by atoms with Gasteiger partial charge in [0.1, 0.15) is 0 Å². The lowest BCUT2D eigenvalue weighted by Gasteiger charge is -2.15. The highest BCUT2D eigenvalue weighted by molar-refractivity contribution is 5.89. The van der Waals surface area contributed by atoms with E-state index in [1.165, 1.54) is 0 Å². The van der Waals surface area contributed by atoms with Crippen LogP contribution in [0.5, 0.6) is 0 Å². The second-order valence-corrected chi connectivity index (χ2v) is 4.39. The van der Waals surface area contributed by atoms with E-state index >= 15 is 0 Å². The highest BCUT2D eigenvalue weighted by Crippen LogP contribution is 2.07. The average molecular weight is 263 g/mol. The van der Waals surface area contributed by atoms with Crippen molar-refractivity contribution in [2.24, 2.45) is 0 Å². The van der Waals surface area contributed by atoms with Crippen molar-refractivity contribution in [3.63, 3.8) is 0 Å². The second-order valence-electron chi connectivity index (χ2n) is 4.39. The summed E-state index contributed by atoms with van der Waals surface area (Å²) in [5, 5.41) is 5.57. The molecule has 19 heavy (non-hydrogen) atoms. The maximum absolute atomic E-state index is 11.8. The van der Waals surface area contributed by atoms with Crippen LogP contribution in [0.1, 0.15) is 19.8 Å². The van der Waals surface area contributed by atoms with Crippen molar-refractivity contribution in [2.75, 3.05) is 24.3 Å². The molecule has 1 aromatic heterocycles. The van der Waals surface area contributed by atoms with E-state index in [2.05, 4.69) is 27.2 Å². The largest absolute Gasteiger partial charge is 0.347 e. The van der Waals surface area contributed by atoms with Gasteiger partial charge in [0, 0.05) is 20.1 Å². The number of nitrogens with zero attached hydrogens (tertiary/aromatic N) is 3. The van der Waals surface area contributed by atoms with Crippen LogP contribution in [-0.2, 0) is 0 Å². The van der Waals surface area contributed by atoms with Crippen LogP contribution in [0, 0.1) is 0 Å². The minimum atomic E-state index is -0.255. The van der Waals surface area contributed by atoms with Crippen molar-refractivity contribution < 1.29 is 4.79 Å². The van der Waals surface area contributed by atoms with Gasteiger partial charge in [0.25, 0.3) is 0 Å².